The Morgan fingerprint density at radius 2 is 2.06 bits per heavy atom. The van der Waals surface area contributed by atoms with Crippen LogP contribution in [-0.2, 0) is 9.84 Å². The molecule has 1 aliphatic heterocycles. The van der Waals surface area contributed by atoms with E-state index in [4.69, 9.17) is 0 Å². The summed E-state index contributed by atoms with van der Waals surface area (Å²) in [5, 5.41) is 3.62. The SMILES string of the molecule is CCC1CNC(C2CC2)CN1CCS(C)(=O)=O. The van der Waals surface area contributed by atoms with E-state index in [1.165, 1.54) is 19.1 Å². The van der Waals surface area contributed by atoms with Crippen LogP contribution in [0.3, 0.4) is 0 Å². The zero-order valence-electron chi connectivity index (χ0n) is 10.9. The van der Waals surface area contributed by atoms with Gasteiger partial charge in [0.1, 0.15) is 9.84 Å². The second kappa shape index (κ2) is 5.24. The minimum absolute atomic E-state index is 0.293. The molecule has 2 atom stereocenters. The summed E-state index contributed by atoms with van der Waals surface area (Å²) < 4.78 is 22.5. The first kappa shape index (κ1) is 13.3. The quantitative estimate of drug-likeness (QED) is 0.782. The summed E-state index contributed by atoms with van der Waals surface area (Å²) in [5.74, 6) is 1.13. The van der Waals surface area contributed by atoms with Crippen LogP contribution in [0, 0.1) is 5.92 Å². The summed E-state index contributed by atoms with van der Waals surface area (Å²) in [4.78, 5) is 2.38. The Hall–Kier alpha value is -0.130. The number of hydrogen-bond donors (Lipinski definition) is 1. The smallest absolute Gasteiger partial charge is 0.148 e. The zero-order valence-corrected chi connectivity index (χ0v) is 11.7. The lowest BCUT2D eigenvalue weighted by Gasteiger charge is -2.40. The molecular formula is C12H24N2O2S. The van der Waals surface area contributed by atoms with Crippen LogP contribution >= 0.6 is 0 Å². The normalized spacial score (nSPS) is 31.6. The molecule has 4 nitrogen and oxygen atoms in total. The highest BCUT2D eigenvalue weighted by molar-refractivity contribution is 7.90. The van der Waals surface area contributed by atoms with E-state index < -0.39 is 9.84 Å². The fourth-order valence-corrected chi connectivity index (χ4v) is 3.22. The molecule has 2 aliphatic rings. The number of piperazine rings is 1. The van der Waals surface area contributed by atoms with E-state index in [2.05, 4.69) is 17.1 Å². The van der Waals surface area contributed by atoms with Crippen molar-refractivity contribution in [2.24, 2.45) is 5.92 Å². The molecule has 0 radical (unpaired) electrons. The van der Waals surface area contributed by atoms with Crippen LogP contribution in [0.5, 0.6) is 0 Å². The van der Waals surface area contributed by atoms with Crippen LogP contribution in [0.15, 0.2) is 0 Å². The molecule has 1 heterocycles. The van der Waals surface area contributed by atoms with Crippen LogP contribution in [-0.4, -0.2) is 57.0 Å². The number of hydrogen-bond acceptors (Lipinski definition) is 4. The van der Waals surface area contributed by atoms with E-state index in [9.17, 15) is 8.42 Å². The van der Waals surface area contributed by atoms with Crippen LogP contribution in [0.4, 0.5) is 0 Å². The van der Waals surface area contributed by atoms with E-state index in [1.54, 1.807) is 0 Å². The summed E-state index contributed by atoms with van der Waals surface area (Å²) in [6.45, 7) is 4.92. The summed E-state index contributed by atoms with van der Waals surface area (Å²) in [6.07, 6.45) is 5.10. The highest BCUT2D eigenvalue weighted by Gasteiger charge is 2.36. The molecule has 0 aromatic rings. The Bertz CT molecular complexity index is 352. The molecule has 0 aromatic heterocycles. The summed E-state index contributed by atoms with van der Waals surface area (Å²) >= 11 is 0. The van der Waals surface area contributed by atoms with Crippen molar-refractivity contribution in [3.8, 4) is 0 Å². The van der Waals surface area contributed by atoms with E-state index in [-0.39, 0.29) is 0 Å². The molecule has 2 rings (SSSR count). The van der Waals surface area contributed by atoms with E-state index in [1.807, 2.05) is 0 Å². The monoisotopic (exact) mass is 260 g/mol. The number of nitrogens with zero attached hydrogens (tertiary/aromatic N) is 1. The fraction of sp³-hybridized carbons (Fsp3) is 1.00. The zero-order chi connectivity index (χ0) is 12.5. The van der Waals surface area contributed by atoms with Crippen LogP contribution in [0.2, 0.25) is 0 Å². The number of sulfone groups is 1. The molecule has 0 aromatic carbocycles. The van der Waals surface area contributed by atoms with Crippen molar-refractivity contribution in [3.05, 3.63) is 0 Å². The van der Waals surface area contributed by atoms with Crippen molar-refractivity contribution in [1.29, 1.82) is 0 Å². The number of nitrogens with one attached hydrogen (secondary N) is 1. The lowest BCUT2D eigenvalue weighted by molar-refractivity contribution is 0.126. The maximum Gasteiger partial charge on any atom is 0.148 e. The highest BCUT2D eigenvalue weighted by Crippen LogP contribution is 2.34. The molecule has 17 heavy (non-hydrogen) atoms. The molecule has 2 unspecified atom stereocenters. The molecule has 1 saturated carbocycles. The van der Waals surface area contributed by atoms with Gasteiger partial charge >= 0.3 is 0 Å². The molecule has 5 heteroatoms. The Balaban J connectivity index is 1.89. The lowest BCUT2D eigenvalue weighted by Crippen LogP contribution is -2.57. The Morgan fingerprint density at radius 3 is 2.59 bits per heavy atom. The molecule has 0 spiro atoms. The maximum atomic E-state index is 11.3. The first-order valence-corrected chi connectivity index (χ1v) is 8.71. The van der Waals surface area contributed by atoms with Gasteiger partial charge in [0.2, 0.25) is 0 Å². The molecule has 0 amide bonds. The second-order valence-electron chi connectivity index (χ2n) is 5.54. The Morgan fingerprint density at radius 1 is 1.35 bits per heavy atom. The molecule has 1 saturated heterocycles. The minimum Gasteiger partial charge on any atom is -0.311 e. The average molecular weight is 260 g/mol. The highest BCUT2D eigenvalue weighted by atomic mass is 32.2. The average Bonchev–Trinajstić information content (AvgIpc) is 3.08. The van der Waals surface area contributed by atoms with Gasteiger partial charge in [0.25, 0.3) is 0 Å². The van der Waals surface area contributed by atoms with Crippen LogP contribution in [0.1, 0.15) is 26.2 Å². The molecule has 100 valence electrons. The lowest BCUT2D eigenvalue weighted by atomic mass is 10.0. The molecule has 1 N–H and O–H groups in total. The van der Waals surface area contributed by atoms with Crippen molar-refractivity contribution in [2.75, 3.05) is 31.6 Å². The van der Waals surface area contributed by atoms with Gasteiger partial charge < -0.3 is 5.32 Å². The van der Waals surface area contributed by atoms with Gasteiger partial charge in [-0.15, -0.1) is 0 Å². The minimum atomic E-state index is -2.84. The topological polar surface area (TPSA) is 49.4 Å². The van der Waals surface area contributed by atoms with E-state index in [0.29, 0.717) is 24.4 Å². The van der Waals surface area contributed by atoms with Gasteiger partial charge in [0.15, 0.2) is 0 Å². The summed E-state index contributed by atoms with van der Waals surface area (Å²) in [5.41, 5.74) is 0. The van der Waals surface area contributed by atoms with E-state index >= 15 is 0 Å². The van der Waals surface area contributed by atoms with Crippen LogP contribution in [0.25, 0.3) is 0 Å². The predicted octanol–water partition coefficient (Wildman–Crippen LogP) is 0.493. The third-order valence-corrected chi connectivity index (χ3v) is 4.90. The number of rotatable bonds is 5. The van der Waals surface area contributed by atoms with Gasteiger partial charge in [-0.1, -0.05) is 6.92 Å². The Kier molecular flexibility index (Phi) is 4.10. The standard InChI is InChI=1S/C12H24N2O2S/c1-3-11-8-13-12(10-4-5-10)9-14(11)6-7-17(2,15)16/h10-13H,3-9H2,1-2H3. The van der Waals surface area contributed by atoms with Gasteiger partial charge in [-0.3, -0.25) is 4.90 Å². The second-order valence-corrected chi connectivity index (χ2v) is 7.80. The van der Waals surface area contributed by atoms with Crippen molar-refractivity contribution in [3.63, 3.8) is 0 Å². The first-order valence-electron chi connectivity index (χ1n) is 6.64. The maximum absolute atomic E-state index is 11.3. The van der Waals surface area contributed by atoms with Crippen molar-refractivity contribution < 1.29 is 8.42 Å². The third-order valence-electron chi connectivity index (χ3n) is 3.97. The van der Waals surface area contributed by atoms with E-state index in [0.717, 1.165) is 25.4 Å². The molecular weight excluding hydrogens is 236 g/mol. The van der Waals surface area contributed by atoms with Gasteiger partial charge in [-0.05, 0) is 25.2 Å². The van der Waals surface area contributed by atoms with Gasteiger partial charge in [-0.25, -0.2) is 8.42 Å². The Labute approximate surface area is 105 Å². The largest absolute Gasteiger partial charge is 0.311 e. The molecule has 2 fully saturated rings. The van der Waals surface area contributed by atoms with Crippen molar-refractivity contribution >= 4 is 9.84 Å². The van der Waals surface area contributed by atoms with Gasteiger partial charge in [0.05, 0.1) is 5.75 Å². The third kappa shape index (κ3) is 3.93. The molecule has 0 bridgehead atoms. The summed E-state index contributed by atoms with van der Waals surface area (Å²) in [7, 11) is -2.84. The predicted molar refractivity (Wildman–Crippen MR) is 69.9 cm³/mol. The summed E-state index contributed by atoms with van der Waals surface area (Å²) in [6, 6.07) is 1.10. The van der Waals surface area contributed by atoms with Crippen LogP contribution < -0.4 is 5.32 Å². The first-order chi connectivity index (χ1) is 7.99. The fourth-order valence-electron chi connectivity index (χ4n) is 2.66. The van der Waals surface area contributed by atoms with Gasteiger partial charge in [0, 0.05) is 38.0 Å². The van der Waals surface area contributed by atoms with Crippen molar-refractivity contribution in [2.45, 2.75) is 38.3 Å². The van der Waals surface area contributed by atoms with Crippen molar-refractivity contribution in [1.82, 2.24) is 10.2 Å². The van der Waals surface area contributed by atoms with Gasteiger partial charge in [-0.2, -0.15) is 0 Å². The molecule has 1 aliphatic carbocycles.